The van der Waals surface area contributed by atoms with Crippen LogP contribution in [0, 0.1) is 24.6 Å². The summed E-state index contributed by atoms with van der Waals surface area (Å²) in [5, 5.41) is 0.0419. The molecule has 0 amide bonds. The van der Waals surface area contributed by atoms with Gasteiger partial charge in [-0.2, -0.15) is 0 Å². The molecule has 0 aliphatic heterocycles. The van der Waals surface area contributed by atoms with Gasteiger partial charge in [-0.3, -0.25) is 4.79 Å². The smallest absolute Gasteiger partial charge is 0.186 e. The predicted octanol–water partition coefficient (Wildman–Crippen LogP) is 2.77. The molecule has 78 valence electrons. The molecule has 0 fully saturated rings. The molecular weight excluding hydrogens is 211 g/mol. The molecule has 1 aromatic carbocycles. The molecule has 1 rings (SSSR count). The van der Waals surface area contributed by atoms with E-state index in [4.69, 9.17) is 0 Å². The van der Waals surface area contributed by atoms with Crippen molar-refractivity contribution >= 4 is 16.9 Å². The highest BCUT2D eigenvalue weighted by atomic mass is 32.2. The zero-order valence-electron chi connectivity index (χ0n) is 8.63. The highest BCUT2D eigenvalue weighted by Gasteiger charge is 1.96. The van der Waals surface area contributed by atoms with Gasteiger partial charge in [-0.1, -0.05) is 29.7 Å². The van der Waals surface area contributed by atoms with Gasteiger partial charge >= 0.3 is 0 Å². The van der Waals surface area contributed by atoms with Crippen LogP contribution in [0.2, 0.25) is 0 Å². The van der Waals surface area contributed by atoms with Crippen molar-refractivity contribution in [3.8, 4) is 11.8 Å². The Labute approximate surface area is 93.1 Å². The average molecular weight is 222 g/mol. The van der Waals surface area contributed by atoms with Crippen molar-refractivity contribution in [2.45, 2.75) is 13.8 Å². The fourth-order valence-electron chi connectivity index (χ4n) is 0.998. The van der Waals surface area contributed by atoms with Crippen molar-refractivity contribution in [3.05, 3.63) is 35.1 Å². The largest absolute Gasteiger partial charge is 0.288 e. The normalized spacial score (nSPS) is 9.27. The van der Waals surface area contributed by atoms with Crippen LogP contribution in [-0.4, -0.2) is 10.9 Å². The highest BCUT2D eigenvalue weighted by molar-refractivity contribution is 8.13. The summed E-state index contributed by atoms with van der Waals surface area (Å²) in [6.07, 6.45) is 0. The number of hydrogen-bond acceptors (Lipinski definition) is 2. The molecule has 3 heteroatoms. The number of carbonyl (C=O) groups is 1. The van der Waals surface area contributed by atoms with Crippen LogP contribution < -0.4 is 0 Å². The summed E-state index contributed by atoms with van der Waals surface area (Å²) in [7, 11) is 0. The maximum Gasteiger partial charge on any atom is 0.186 e. The Kier molecular flexibility index (Phi) is 4.38. The van der Waals surface area contributed by atoms with Gasteiger partial charge in [-0.25, -0.2) is 4.39 Å². The lowest BCUT2D eigenvalue weighted by molar-refractivity contribution is -0.109. The first kappa shape index (κ1) is 11.8. The molecule has 0 radical (unpaired) electrons. The van der Waals surface area contributed by atoms with Crippen molar-refractivity contribution in [1.82, 2.24) is 0 Å². The second-order valence-corrected chi connectivity index (χ2v) is 4.19. The molecule has 0 N–H and O–H groups in total. The van der Waals surface area contributed by atoms with Gasteiger partial charge in [0, 0.05) is 12.5 Å². The molecule has 0 saturated heterocycles. The molecule has 0 atom stereocenters. The van der Waals surface area contributed by atoms with Crippen molar-refractivity contribution in [2.75, 3.05) is 5.75 Å². The third-order valence-corrected chi connectivity index (χ3v) is 2.47. The molecule has 0 saturated carbocycles. The molecule has 15 heavy (non-hydrogen) atoms. The fraction of sp³-hybridized carbons (Fsp3) is 0.250. The minimum atomic E-state index is -0.288. The lowest BCUT2D eigenvalue weighted by Crippen LogP contribution is -1.85. The average Bonchev–Trinajstić information content (AvgIpc) is 2.17. The maximum absolute atomic E-state index is 12.9. The SMILES string of the molecule is CC(=O)SCC#Cc1cc(F)ccc1C. The Hall–Kier alpha value is -1.27. The molecule has 0 aliphatic carbocycles. The molecule has 0 spiro atoms. The van der Waals surface area contributed by atoms with Gasteiger partial charge in [0.15, 0.2) is 5.12 Å². The van der Waals surface area contributed by atoms with E-state index in [0.717, 1.165) is 17.3 Å². The Morgan fingerprint density at radius 2 is 2.27 bits per heavy atom. The zero-order valence-corrected chi connectivity index (χ0v) is 9.45. The summed E-state index contributed by atoms with van der Waals surface area (Å²) < 4.78 is 12.9. The lowest BCUT2D eigenvalue weighted by Gasteiger charge is -1.96. The van der Waals surface area contributed by atoms with Gasteiger partial charge in [-0.15, -0.1) is 0 Å². The van der Waals surface area contributed by atoms with Crippen molar-refractivity contribution in [3.63, 3.8) is 0 Å². The number of benzene rings is 1. The van der Waals surface area contributed by atoms with E-state index >= 15 is 0 Å². The summed E-state index contributed by atoms with van der Waals surface area (Å²) in [6, 6.07) is 4.50. The van der Waals surface area contributed by atoms with Crippen LogP contribution in [-0.2, 0) is 4.79 Å². The molecular formula is C12H11FOS. The van der Waals surface area contributed by atoms with Gasteiger partial charge < -0.3 is 0 Å². The quantitative estimate of drug-likeness (QED) is 0.680. The van der Waals surface area contributed by atoms with Crippen LogP contribution in [0.4, 0.5) is 4.39 Å². The molecule has 0 aliphatic rings. The standard InChI is InChI=1S/C12H11FOS/c1-9-5-6-12(13)8-11(9)4-3-7-15-10(2)14/h5-6,8H,7H2,1-2H3. The van der Waals surface area contributed by atoms with E-state index < -0.39 is 0 Å². The molecule has 1 nitrogen and oxygen atoms in total. The van der Waals surface area contributed by atoms with E-state index in [1.54, 1.807) is 6.07 Å². The third-order valence-electron chi connectivity index (χ3n) is 1.77. The Bertz CT molecular complexity index is 429. The summed E-state index contributed by atoms with van der Waals surface area (Å²) in [5.74, 6) is 5.83. The van der Waals surface area contributed by atoms with Gasteiger partial charge in [0.25, 0.3) is 0 Å². The highest BCUT2D eigenvalue weighted by Crippen LogP contribution is 2.08. The first-order valence-corrected chi connectivity index (χ1v) is 5.46. The summed E-state index contributed by atoms with van der Waals surface area (Å²) in [6.45, 7) is 3.38. The summed E-state index contributed by atoms with van der Waals surface area (Å²) in [4.78, 5) is 10.6. The van der Waals surface area contributed by atoms with E-state index in [1.165, 1.54) is 19.1 Å². The van der Waals surface area contributed by atoms with E-state index in [9.17, 15) is 9.18 Å². The summed E-state index contributed by atoms with van der Waals surface area (Å²) in [5.41, 5.74) is 1.62. The van der Waals surface area contributed by atoms with Gasteiger partial charge in [0.2, 0.25) is 0 Å². The minimum absolute atomic E-state index is 0.0419. The van der Waals surface area contributed by atoms with Crippen LogP contribution in [0.25, 0.3) is 0 Å². The molecule has 0 bridgehead atoms. The Balaban J connectivity index is 2.71. The Morgan fingerprint density at radius 3 is 2.93 bits per heavy atom. The number of aryl methyl sites for hydroxylation is 1. The number of hydrogen-bond donors (Lipinski definition) is 0. The monoisotopic (exact) mass is 222 g/mol. The Morgan fingerprint density at radius 1 is 1.53 bits per heavy atom. The fourth-order valence-corrected chi connectivity index (χ4v) is 1.35. The van der Waals surface area contributed by atoms with Crippen LogP contribution in [0.5, 0.6) is 0 Å². The third kappa shape index (κ3) is 4.18. The lowest BCUT2D eigenvalue weighted by atomic mass is 10.1. The van der Waals surface area contributed by atoms with Crippen molar-refractivity contribution < 1.29 is 9.18 Å². The van der Waals surface area contributed by atoms with Crippen LogP contribution in [0.15, 0.2) is 18.2 Å². The van der Waals surface area contributed by atoms with E-state index in [0.29, 0.717) is 11.3 Å². The predicted molar refractivity (Wildman–Crippen MR) is 61.2 cm³/mol. The number of carbonyl (C=O) groups excluding carboxylic acids is 1. The number of rotatable bonds is 1. The minimum Gasteiger partial charge on any atom is -0.288 e. The number of thioether (sulfide) groups is 1. The van der Waals surface area contributed by atoms with Crippen molar-refractivity contribution in [2.24, 2.45) is 0 Å². The van der Waals surface area contributed by atoms with Crippen LogP contribution in [0.1, 0.15) is 18.1 Å². The first-order valence-electron chi connectivity index (χ1n) is 4.48. The van der Waals surface area contributed by atoms with Crippen LogP contribution in [0.3, 0.4) is 0 Å². The van der Waals surface area contributed by atoms with E-state index in [2.05, 4.69) is 11.8 Å². The zero-order chi connectivity index (χ0) is 11.3. The first-order chi connectivity index (χ1) is 7.09. The van der Waals surface area contributed by atoms with Gasteiger partial charge in [0.1, 0.15) is 5.82 Å². The molecule has 1 aromatic rings. The van der Waals surface area contributed by atoms with E-state index in [-0.39, 0.29) is 10.9 Å². The molecule has 0 aromatic heterocycles. The second-order valence-electron chi connectivity index (χ2n) is 3.04. The molecule has 0 heterocycles. The van der Waals surface area contributed by atoms with Gasteiger partial charge in [-0.05, 0) is 24.6 Å². The molecule has 0 unspecified atom stereocenters. The van der Waals surface area contributed by atoms with E-state index in [1.807, 2.05) is 6.92 Å². The number of halogens is 1. The second kappa shape index (κ2) is 5.57. The van der Waals surface area contributed by atoms with Crippen LogP contribution >= 0.6 is 11.8 Å². The maximum atomic E-state index is 12.9. The van der Waals surface area contributed by atoms with Crippen molar-refractivity contribution in [1.29, 1.82) is 0 Å². The summed E-state index contributed by atoms with van der Waals surface area (Å²) >= 11 is 1.15. The van der Waals surface area contributed by atoms with Gasteiger partial charge in [0.05, 0.1) is 5.75 Å². The topological polar surface area (TPSA) is 17.1 Å².